The van der Waals surface area contributed by atoms with E-state index in [1.165, 1.54) is 77.0 Å². The second kappa shape index (κ2) is 63.8. The van der Waals surface area contributed by atoms with Gasteiger partial charge in [-0.15, -0.1) is 0 Å². The Morgan fingerprint density at radius 2 is 0.506 bits per heavy atom. The molecule has 0 aliphatic carbocycles. The van der Waals surface area contributed by atoms with Crippen molar-refractivity contribution in [2.75, 3.05) is 13.2 Å². The fraction of sp³-hybridized carbons (Fsp3) is 0.620. The molecule has 0 aromatic heterocycles. The lowest BCUT2D eigenvalue weighted by atomic mass is 10.1. The van der Waals surface area contributed by atoms with Gasteiger partial charge in [0.25, 0.3) is 0 Å². The average Bonchev–Trinajstić information content (AvgIpc) is 3.43. The highest BCUT2D eigenvalue weighted by atomic mass is 16.6. The van der Waals surface area contributed by atoms with Crippen LogP contribution < -0.4 is 0 Å². The van der Waals surface area contributed by atoms with Crippen molar-refractivity contribution < 1.29 is 28.6 Å². The van der Waals surface area contributed by atoms with Gasteiger partial charge in [0, 0.05) is 19.3 Å². The van der Waals surface area contributed by atoms with E-state index in [0.717, 1.165) is 148 Å². The van der Waals surface area contributed by atoms with Gasteiger partial charge in [-0.2, -0.15) is 0 Å². The third-order valence-electron chi connectivity index (χ3n) is 12.8. The molecule has 0 spiro atoms. The van der Waals surface area contributed by atoms with Gasteiger partial charge >= 0.3 is 17.9 Å². The molecule has 0 N–H and O–H groups in total. The molecule has 6 heteroatoms. The van der Waals surface area contributed by atoms with Gasteiger partial charge in [-0.05, 0) is 141 Å². The predicted molar refractivity (Wildman–Crippen MR) is 334 cm³/mol. The topological polar surface area (TPSA) is 78.9 Å². The number of hydrogen-bond donors (Lipinski definition) is 0. The highest BCUT2D eigenvalue weighted by Crippen LogP contribution is 2.14. The molecule has 1 unspecified atom stereocenters. The molecule has 0 fully saturated rings. The van der Waals surface area contributed by atoms with Crippen molar-refractivity contribution in [1.29, 1.82) is 0 Å². The summed E-state index contributed by atoms with van der Waals surface area (Å²) in [5.41, 5.74) is 0. The zero-order valence-corrected chi connectivity index (χ0v) is 49.7. The van der Waals surface area contributed by atoms with Crippen LogP contribution in [0.4, 0.5) is 0 Å². The summed E-state index contributed by atoms with van der Waals surface area (Å²) < 4.78 is 16.8. The Kier molecular flexibility index (Phi) is 59.9. The summed E-state index contributed by atoms with van der Waals surface area (Å²) in [6.45, 7) is 6.35. The number of ether oxygens (including phenoxy) is 3. The summed E-state index contributed by atoms with van der Waals surface area (Å²) in [5.74, 6) is -0.966. The van der Waals surface area contributed by atoms with Crippen LogP contribution in [0.15, 0.2) is 146 Å². The minimum atomic E-state index is -0.810. The molecule has 0 aromatic rings. The van der Waals surface area contributed by atoms with E-state index in [0.29, 0.717) is 19.3 Å². The number of esters is 3. The Labute approximate surface area is 474 Å². The smallest absolute Gasteiger partial charge is 0.306 e. The van der Waals surface area contributed by atoms with E-state index in [2.05, 4.69) is 167 Å². The van der Waals surface area contributed by atoms with E-state index < -0.39 is 6.10 Å². The summed E-state index contributed by atoms with van der Waals surface area (Å²) in [4.78, 5) is 38.2. The Bertz CT molecular complexity index is 1700. The van der Waals surface area contributed by atoms with Gasteiger partial charge < -0.3 is 14.2 Å². The molecule has 0 amide bonds. The Balaban J connectivity index is 4.42. The Hall–Kier alpha value is -4.71. The van der Waals surface area contributed by atoms with Crippen LogP contribution in [0.5, 0.6) is 0 Å². The third-order valence-corrected chi connectivity index (χ3v) is 12.8. The lowest BCUT2D eigenvalue weighted by molar-refractivity contribution is -0.167. The minimum Gasteiger partial charge on any atom is -0.462 e. The summed E-state index contributed by atoms with van der Waals surface area (Å²) in [5, 5.41) is 0. The van der Waals surface area contributed by atoms with Crippen molar-refractivity contribution in [2.24, 2.45) is 0 Å². The van der Waals surface area contributed by atoms with Crippen molar-refractivity contribution in [2.45, 2.75) is 271 Å². The highest BCUT2D eigenvalue weighted by Gasteiger charge is 2.19. The minimum absolute atomic E-state index is 0.107. The maximum absolute atomic E-state index is 12.9. The van der Waals surface area contributed by atoms with E-state index in [1.807, 2.05) is 0 Å². The quantitative estimate of drug-likeness (QED) is 0.0261. The zero-order valence-electron chi connectivity index (χ0n) is 49.7. The van der Waals surface area contributed by atoms with Crippen molar-refractivity contribution in [3.63, 3.8) is 0 Å². The van der Waals surface area contributed by atoms with Gasteiger partial charge in [0.15, 0.2) is 6.10 Å². The van der Waals surface area contributed by atoms with Crippen LogP contribution in [0.3, 0.4) is 0 Å². The van der Waals surface area contributed by atoms with Crippen LogP contribution in [0, 0.1) is 0 Å². The monoisotopic (exact) mass is 1060 g/mol. The first-order chi connectivity index (χ1) is 38.0. The fourth-order valence-electron chi connectivity index (χ4n) is 8.17. The Morgan fingerprint density at radius 3 is 0.818 bits per heavy atom. The SMILES string of the molecule is CC/C=C\C/C=C\C/C=C\C/C=C\C/C=C\C/C=C\C/C=C\C/C=C\CCCCCCC(=O)OCC(COC(=O)CCCCC/C=C\C/C=C\C/C=C\CC)OC(=O)CCCCCCCCC/C=C\CCCCCCCC. The average molecular weight is 1060 g/mol. The molecular weight excluding hydrogens is 949 g/mol. The lowest BCUT2D eigenvalue weighted by Crippen LogP contribution is -2.30. The molecule has 1 atom stereocenters. The number of unbranched alkanes of at least 4 members (excludes halogenated alkanes) is 20. The third kappa shape index (κ3) is 62.0. The molecule has 0 aromatic carbocycles. The summed E-state index contributed by atoms with van der Waals surface area (Å²) in [6.07, 6.45) is 91.4. The molecular formula is C71H114O6. The molecule has 0 heterocycles. The molecule has 0 saturated carbocycles. The van der Waals surface area contributed by atoms with E-state index in [1.54, 1.807) is 0 Å². The number of hydrogen-bond acceptors (Lipinski definition) is 6. The molecule has 6 nitrogen and oxygen atoms in total. The molecule has 0 rings (SSSR count). The van der Waals surface area contributed by atoms with Crippen molar-refractivity contribution in [3.8, 4) is 0 Å². The molecule has 0 radical (unpaired) electrons. The van der Waals surface area contributed by atoms with Gasteiger partial charge in [0.05, 0.1) is 0 Å². The second-order valence-electron chi connectivity index (χ2n) is 20.2. The number of rotatable bonds is 55. The van der Waals surface area contributed by atoms with Crippen LogP contribution in [0.2, 0.25) is 0 Å². The highest BCUT2D eigenvalue weighted by molar-refractivity contribution is 5.71. The standard InChI is InChI=1S/C71H114O6/c1-4-7-10-13-16-19-22-25-27-29-30-31-32-33-34-35-36-37-38-39-40-42-43-46-49-52-55-58-61-64-70(73)76-67-68(66-75-69(72)63-60-57-54-51-48-45-24-21-18-15-12-9-6-3)77-71(74)65-62-59-56-53-50-47-44-41-28-26-23-20-17-14-11-8-5-2/h7,9-10,12,16,18-19,21,25-28,30-31,33-34,36-37,39-40,43,45-46,48,68H,4-6,8,11,13-15,17,20,22-24,29,32,35,38,41-42,44,47,49-67H2,1-3H3/b10-7-,12-9-,19-16-,21-18-,27-25-,28-26-,31-30-,34-33-,37-36-,40-39-,46-43-,48-45-. The molecule has 77 heavy (non-hydrogen) atoms. The van der Waals surface area contributed by atoms with Crippen LogP contribution in [-0.2, 0) is 28.6 Å². The van der Waals surface area contributed by atoms with E-state index in [-0.39, 0.29) is 31.1 Å². The first kappa shape index (κ1) is 72.3. The summed E-state index contributed by atoms with van der Waals surface area (Å²) in [6, 6.07) is 0. The molecule has 0 aliphatic heterocycles. The first-order valence-corrected chi connectivity index (χ1v) is 31.3. The molecule has 0 aliphatic rings. The maximum atomic E-state index is 12.9. The normalized spacial score (nSPS) is 13.1. The van der Waals surface area contributed by atoms with Crippen LogP contribution in [-0.4, -0.2) is 37.2 Å². The van der Waals surface area contributed by atoms with Gasteiger partial charge in [-0.25, -0.2) is 0 Å². The van der Waals surface area contributed by atoms with Crippen LogP contribution in [0.25, 0.3) is 0 Å². The van der Waals surface area contributed by atoms with E-state index in [9.17, 15) is 14.4 Å². The summed E-state index contributed by atoms with van der Waals surface area (Å²) >= 11 is 0. The van der Waals surface area contributed by atoms with Crippen molar-refractivity contribution in [1.82, 2.24) is 0 Å². The van der Waals surface area contributed by atoms with Gasteiger partial charge in [0.1, 0.15) is 13.2 Å². The van der Waals surface area contributed by atoms with Crippen LogP contribution >= 0.6 is 0 Å². The number of carbonyl (C=O) groups excluding carboxylic acids is 3. The molecule has 0 saturated heterocycles. The van der Waals surface area contributed by atoms with Crippen molar-refractivity contribution in [3.05, 3.63) is 146 Å². The van der Waals surface area contributed by atoms with Gasteiger partial charge in [-0.1, -0.05) is 250 Å². The molecule has 0 bridgehead atoms. The largest absolute Gasteiger partial charge is 0.462 e. The Morgan fingerprint density at radius 1 is 0.273 bits per heavy atom. The lowest BCUT2D eigenvalue weighted by Gasteiger charge is -2.18. The van der Waals surface area contributed by atoms with Gasteiger partial charge in [-0.3, -0.25) is 14.4 Å². The number of allylic oxidation sites excluding steroid dienone is 24. The zero-order chi connectivity index (χ0) is 55.7. The molecule has 434 valence electrons. The predicted octanol–water partition coefficient (Wildman–Crippen LogP) is 21.5. The fourth-order valence-corrected chi connectivity index (χ4v) is 8.17. The second-order valence-corrected chi connectivity index (χ2v) is 20.2. The van der Waals surface area contributed by atoms with E-state index >= 15 is 0 Å². The number of carbonyl (C=O) groups is 3. The van der Waals surface area contributed by atoms with Crippen molar-refractivity contribution >= 4 is 17.9 Å². The van der Waals surface area contributed by atoms with Gasteiger partial charge in [0.2, 0.25) is 0 Å². The summed E-state index contributed by atoms with van der Waals surface area (Å²) in [7, 11) is 0. The maximum Gasteiger partial charge on any atom is 0.306 e. The first-order valence-electron chi connectivity index (χ1n) is 31.3. The van der Waals surface area contributed by atoms with E-state index in [4.69, 9.17) is 14.2 Å². The van der Waals surface area contributed by atoms with Crippen LogP contribution in [0.1, 0.15) is 265 Å².